The number of benzene rings is 1. The number of piperazine rings is 1. The lowest BCUT2D eigenvalue weighted by Gasteiger charge is -2.40. The van der Waals surface area contributed by atoms with Gasteiger partial charge < -0.3 is 19.7 Å². The van der Waals surface area contributed by atoms with Gasteiger partial charge in [-0.25, -0.2) is 0 Å². The number of rotatable bonds is 6. The third-order valence-corrected chi connectivity index (χ3v) is 5.20. The number of ether oxygens (including phenoxy) is 2. The van der Waals surface area contributed by atoms with Gasteiger partial charge in [0.1, 0.15) is 12.4 Å². The van der Waals surface area contributed by atoms with E-state index in [0.717, 1.165) is 69.2 Å². The Morgan fingerprint density at radius 3 is 2.44 bits per heavy atom. The molecule has 1 N–H and O–H groups in total. The molecular formula is C19H30ClIN4O2. The third-order valence-electron chi connectivity index (χ3n) is 4.95. The van der Waals surface area contributed by atoms with Gasteiger partial charge in [0.05, 0.1) is 13.2 Å². The first-order valence-corrected chi connectivity index (χ1v) is 9.60. The molecule has 2 heterocycles. The second kappa shape index (κ2) is 10.7. The molecule has 1 aromatic carbocycles. The smallest absolute Gasteiger partial charge is 0.193 e. The van der Waals surface area contributed by atoms with Crippen LogP contribution >= 0.6 is 35.6 Å². The zero-order chi connectivity index (χ0) is 18.4. The minimum Gasteiger partial charge on any atom is -0.492 e. The summed E-state index contributed by atoms with van der Waals surface area (Å²) in [7, 11) is 1.86. The van der Waals surface area contributed by atoms with Crippen LogP contribution < -0.4 is 10.1 Å². The van der Waals surface area contributed by atoms with Crippen LogP contribution in [0.25, 0.3) is 0 Å². The van der Waals surface area contributed by atoms with Crippen molar-refractivity contribution in [2.24, 2.45) is 10.4 Å². The van der Waals surface area contributed by atoms with Crippen LogP contribution in [0.1, 0.15) is 6.92 Å². The summed E-state index contributed by atoms with van der Waals surface area (Å²) in [6, 6.07) is 7.52. The number of halogens is 2. The van der Waals surface area contributed by atoms with E-state index in [1.165, 1.54) is 0 Å². The maximum absolute atomic E-state index is 5.89. The number of nitrogens with one attached hydrogen (secondary N) is 1. The van der Waals surface area contributed by atoms with E-state index in [1.54, 1.807) is 0 Å². The summed E-state index contributed by atoms with van der Waals surface area (Å²) in [6.07, 6.45) is 0. The summed E-state index contributed by atoms with van der Waals surface area (Å²) in [5.74, 6) is 1.86. The molecule has 0 aliphatic carbocycles. The fourth-order valence-electron chi connectivity index (χ4n) is 3.18. The van der Waals surface area contributed by atoms with Gasteiger partial charge in [-0.15, -0.1) is 24.0 Å². The fourth-order valence-corrected chi connectivity index (χ4v) is 3.31. The largest absolute Gasteiger partial charge is 0.492 e. The van der Waals surface area contributed by atoms with Gasteiger partial charge in [0, 0.05) is 56.8 Å². The summed E-state index contributed by atoms with van der Waals surface area (Å²) < 4.78 is 11.1. The Labute approximate surface area is 184 Å². The van der Waals surface area contributed by atoms with Gasteiger partial charge >= 0.3 is 0 Å². The molecule has 0 saturated carbocycles. The molecule has 6 nitrogen and oxygen atoms in total. The Hall–Kier alpha value is -0.770. The van der Waals surface area contributed by atoms with Gasteiger partial charge in [0.25, 0.3) is 0 Å². The predicted octanol–water partition coefficient (Wildman–Crippen LogP) is 2.57. The molecule has 0 aromatic heterocycles. The van der Waals surface area contributed by atoms with E-state index in [0.29, 0.717) is 6.61 Å². The first-order chi connectivity index (χ1) is 12.6. The number of aliphatic imine (C=N–C) groups is 1. The van der Waals surface area contributed by atoms with Crippen LogP contribution in [0.4, 0.5) is 0 Å². The average Bonchev–Trinajstić information content (AvgIpc) is 2.63. The summed E-state index contributed by atoms with van der Waals surface area (Å²) in [5.41, 5.74) is 0.247. The van der Waals surface area contributed by atoms with Crippen LogP contribution in [0.2, 0.25) is 5.02 Å². The first-order valence-electron chi connectivity index (χ1n) is 9.22. The van der Waals surface area contributed by atoms with Gasteiger partial charge in [-0.2, -0.15) is 0 Å². The molecule has 152 valence electrons. The zero-order valence-corrected chi connectivity index (χ0v) is 19.2. The molecule has 3 rings (SSSR count). The van der Waals surface area contributed by atoms with Gasteiger partial charge in [0.2, 0.25) is 0 Å². The van der Waals surface area contributed by atoms with Crippen molar-refractivity contribution in [3.05, 3.63) is 29.3 Å². The fraction of sp³-hybridized carbons (Fsp3) is 0.632. The minimum absolute atomic E-state index is 0. The molecule has 2 aliphatic rings. The number of hydrogen-bond donors (Lipinski definition) is 1. The lowest BCUT2D eigenvalue weighted by Crippen LogP contribution is -2.56. The van der Waals surface area contributed by atoms with Crippen LogP contribution in [-0.4, -0.2) is 81.9 Å². The highest BCUT2D eigenvalue weighted by atomic mass is 127. The Morgan fingerprint density at radius 2 is 1.89 bits per heavy atom. The Bertz CT molecular complexity index is 602. The standard InChI is InChI=1S/C19H29ClN4O2.HI/c1-19(14-25-15-19)13-22-18(21-2)24-9-7-23(8-10-24)11-12-26-17-5-3-16(20)4-6-17;/h3-6H,7-15H2,1-2H3,(H,21,22);1H. The Balaban J connectivity index is 0.00000261. The number of guanidine groups is 1. The van der Waals surface area contributed by atoms with Crippen molar-refractivity contribution in [1.82, 2.24) is 15.1 Å². The van der Waals surface area contributed by atoms with Crippen LogP contribution in [0, 0.1) is 5.41 Å². The van der Waals surface area contributed by atoms with E-state index in [-0.39, 0.29) is 29.4 Å². The first kappa shape index (κ1) is 22.5. The van der Waals surface area contributed by atoms with Crippen LogP contribution in [-0.2, 0) is 4.74 Å². The predicted molar refractivity (Wildman–Crippen MR) is 121 cm³/mol. The highest BCUT2D eigenvalue weighted by Gasteiger charge is 2.33. The van der Waals surface area contributed by atoms with Crippen molar-refractivity contribution in [3.8, 4) is 5.75 Å². The second-order valence-electron chi connectivity index (χ2n) is 7.34. The van der Waals surface area contributed by atoms with Gasteiger partial charge in [0.15, 0.2) is 5.96 Å². The van der Waals surface area contributed by atoms with Crippen molar-refractivity contribution in [2.45, 2.75) is 6.92 Å². The van der Waals surface area contributed by atoms with E-state index in [9.17, 15) is 0 Å². The summed E-state index contributed by atoms with van der Waals surface area (Å²) in [6.45, 7) is 10.4. The molecule has 0 unspecified atom stereocenters. The average molecular weight is 509 g/mol. The van der Waals surface area contributed by atoms with Crippen molar-refractivity contribution in [2.75, 3.05) is 66.1 Å². The van der Waals surface area contributed by atoms with Gasteiger partial charge in [-0.1, -0.05) is 18.5 Å². The van der Waals surface area contributed by atoms with Crippen LogP contribution in [0.3, 0.4) is 0 Å². The summed E-state index contributed by atoms with van der Waals surface area (Å²) in [5, 5.41) is 4.24. The number of hydrogen-bond acceptors (Lipinski definition) is 4. The molecule has 8 heteroatoms. The lowest BCUT2D eigenvalue weighted by molar-refractivity contribution is -0.0973. The van der Waals surface area contributed by atoms with Gasteiger partial charge in [-0.3, -0.25) is 9.89 Å². The highest BCUT2D eigenvalue weighted by molar-refractivity contribution is 14.0. The molecule has 2 aliphatic heterocycles. The van der Waals surface area contributed by atoms with Crippen molar-refractivity contribution < 1.29 is 9.47 Å². The second-order valence-corrected chi connectivity index (χ2v) is 7.77. The van der Waals surface area contributed by atoms with Gasteiger partial charge in [-0.05, 0) is 24.3 Å². The molecule has 2 saturated heterocycles. The maximum atomic E-state index is 5.89. The Morgan fingerprint density at radius 1 is 1.22 bits per heavy atom. The molecule has 2 fully saturated rings. The SMILES string of the molecule is CN=C(NCC1(C)COC1)N1CCN(CCOc2ccc(Cl)cc2)CC1.I. The monoisotopic (exact) mass is 508 g/mol. The molecular weight excluding hydrogens is 479 g/mol. The van der Waals surface area contributed by atoms with Crippen LogP contribution in [0.15, 0.2) is 29.3 Å². The minimum atomic E-state index is 0. The molecule has 27 heavy (non-hydrogen) atoms. The van der Waals surface area contributed by atoms with E-state index < -0.39 is 0 Å². The lowest BCUT2D eigenvalue weighted by atomic mass is 9.89. The molecule has 0 atom stereocenters. The van der Waals surface area contributed by atoms with E-state index in [4.69, 9.17) is 21.1 Å². The summed E-state index contributed by atoms with van der Waals surface area (Å²) in [4.78, 5) is 9.21. The quantitative estimate of drug-likeness (QED) is 0.364. The summed E-state index contributed by atoms with van der Waals surface area (Å²) >= 11 is 5.89. The normalized spacial score (nSPS) is 19.8. The molecule has 0 radical (unpaired) electrons. The van der Waals surface area contributed by atoms with Crippen molar-refractivity contribution >= 4 is 41.5 Å². The molecule has 0 bridgehead atoms. The Kier molecular flexibility index (Phi) is 8.91. The molecule has 1 aromatic rings. The topological polar surface area (TPSA) is 49.3 Å². The maximum Gasteiger partial charge on any atom is 0.193 e. The molecule has 0 amide bonds. The van der Waals surface area contributed by atoms with Crippen LogP contribution in [0.5, 0.6) is 5.75 Å². The van der Waals surface area contributed by atoms with E-state index >= 15 is 0 Å². The third kappa shape index (κ3) is 6.66. The molecule has 0 spiro atoms. The highest BCUT2D eigenvalue weighted by Crippen LogP contribution is 2.25. The zero-order valence-electron chi connectivity index (χ0n) is 16.1. The van der Waals surface area contributed by atoms with Crippen molar-refractivity contribution in [1.29, 1.82) is 0 Å². The van der Waals surface area contributed by atoms with E-state index in [1.807, 2.05) is 31.3 Å². The van der Waals surface area contributed by atoms with E-state index in [2.05, 4.69) is 27.0 Å². The van der Waals surface area contributed by atoms with Crippen molar-refractivity contribution in [3.63, 3.8) is 0 Å². The number of nitrogens with zero attached hydrogens (tertiary/aromatic N) is 3.